The van der Waals surface area contributed by atoms with Crippen molar-refractivity contribution >= 4 is 11.9 Å². The first-order valence-corrected chi connectivity index (χ1v) is 8.34. The molecule has 0 saturated carbocycles. The first kappa shape index (κ1) is 16.3. The predicted octanol–water partition coefficient (Wildman–Crippen LogP) is 2.63. The van der Waals surface area contributed by atoms with Crippen molar-refractivity contribution < 1.29 is 19.1 Å². The molecule has 2 fully saturated rings. The average molecular weight is 297 g/mol. The van der Waals surface area contributed by atoms with E-state index in [2.05, 4.69) is 6.92 Å². The van der Waals surface area contributed by atoms with Crippen LogP contribution in [0, 0.1) is 0 Å². The van der Waals surface area contributed by atoms with Crippen molar-refractivity contribution in [2.45, 2.75) is 77.0 Å². The predicted molar refractivity (Wildman–Crippen MR) is 78.6 cm³/mol. The van der Waals surface area contributed by atoms with E-state index in [1.807, 2.05) is 0 Å². The second-order valence-electron chi connectivity index (χ2n) is 5.97. The van der Waals surface area contributed by atoms with Gasteiger partial charge in [-0.15, -0.1) is 0 Å². The van der Waals surface area contributed by atoms with Crippen molar-refractivity contribution in [1.82, 2.24) is 4.90 Å². The molecule has 2 heterocycles. The van der Waals surface area contributed by atoms with E-state index in [9.17, 15) is 9.59 Å². The number of hydrogen-bond acceptors (Lipinski definition) is 4. The Balaban J connectivity index is 1.44. The van der Waals surface area contributed by atoms with E-state index in [1.165, 1.54) is 38.5 Å². The summed E-state index contributed by atoms with van der Waals surface area (Å²) >= 11 is 0. The molecule has 5 heteroatoms. The van der Waals surface area contributed by atoms with Gasteiger partial charge in [0.1, 0.15) is 6.23 Å². The highest BCUT2D eigenvalue weighted by Crippen LogP contribution is 2.28. The zero-order chi connectivity index (χ0) is 15.1. The maximum Gasteiger partial charge on any atom is 0.337 e. The van der Waals surface area contributed by atoms with Crippen LogP contribution in [0.5, 0.6) is 0 Å². The molecule has 21 heavy (non-hydrogen) atoms. The van der Waals surface area contributed by atoms with Crippen LogP contribution in [0.2, 0.25) is 0 Å². The number of nitrogens with zero attached hydrogens (tertiary/aromatic N) is 1. The topological polar surface area (TPSA) is 55.8 Å². The molecule has 2 rings (SSSR count). The third-order valence-corrected chi connectivity index (χ3v) is 4.21. The summed E-state index contributed by atoms with van der Waals surface area (Å²) in [5, 5.41) is 0. The Morgan fingerprint density at radius 2 is 1.86 bits per heavy atom. The van der Waals surface area contributed by atoms with Gasteiger partial charge in [0.2, 0.25) is 5.91 Å². The van der Waals surface area contributed by atoms with Crippen LogP contribution in [-0.2, 0) is 19.1 Å². The van der Waals surface area contributed by atoms with Gasteiger partial charge in [0.15, 0.2) is 6.10 Å². The summed E-state index contributed by atoms with van der Waals surface area (Å²) in [4.78, 5) is 24.6. The summed E-state index contributed by atoms with van der Waals surface area (Å²) in [6, 6.07) is 0. The summed E-state index contributed by atoms with van der Waals surface area (Å²) in [5.41, 5.74) is 0. The highest BCUT2D eigenvalue weighted by molar-refractivity contribution is 5.85. The molecule has 2 atom stereocenters. The van der Waals surface area contributed by atoms with Gasteiger partial charge in [-0.05, 0) is 6.42 Å². The quantitative estimate of drug-likeness (QED) is 0.353. The smallest absolute Gasteiger partial charge is 0.337 e. The Kier molecular flexibility index (Phi) is 6.49. The molecule has 0 radical (unpaired) electrons. The van der Waals surface area contributed by atoms with Crippen molar-refractivity contribution in [2.75, 3.05) is 13.2 Å². The minimum absolute atomic E-state index is 0.0679. The molecule has 120 valence electrons. The lowest BCUT2D eigenvalue weighted by Crippen LogP contribution is -2.48. The maximum atomic E-state index is 11.8. The number of fused-ring (bicyclic) bond motifs is 1. The summed E-state index contributed by atoms with van der Waals surface area (Å²) < 4.78 is 10.7. The van der Waals surface area contributed by atoms with E-state index >= 15 is 0 Å². The number of unbranched alkanes of at least 4 members (excludes halogenated alkanes) is 7. The molecule has 2 aliphatic heterocycles. The van der Waals surface area contributed by atoms with Crippen molar-refractivity contribution in [1.29, 1.82) is 0 Å². The maximum absolute atomic E-state index is 11.8. The van der Waals surface area contributed by atoms with Gasteiger partial charge in [0.05, 0.1) is 19.6 Å². The van der Waals surface area contributed by atoms with E-state index in [0.717, 1.165) is 12.8 Å². The molecule has 0 bridgehead atoms. The summed E-state index contributed by atoms with van der Waals surface area (Å²) in [6.07, 6.45) is 9.43. The number of hydrogen-bond donors (Lipinski definition) is 0. The van der Waals surface area contributed by atoms with Gasteiger partial charge < -0.3 is 14.4 Å². The second kappa shape index (κ2) is 8.37. The second-order valence-corrected chi connectivity index (χ2v) is 5.97. The molecule has 0 N–H and O–H groups in total. The average Bonchev–Trinajstić information content (AvgIpc) is 2.82. The third-order valence-electron chi connectivity index (χ3n) is 4.21. The van der Waals surface area contributed by atoms with Gasteiger partial charge in [0, 0.05) is 0 Å². The SMILES string of the molecule is CCCCCCCCCCOC(=O)[C@H]1CN2C(=O)C[C@@H]2O1. The van der Waals surface area contributed by atoms with Crippen LogP contribution >= 0.6 is 0 Å². The first-order valence-electron chi connectivity index (χ1n) is 8.34. The fourth-order valence-corrected chi connectivity index (χ4v) is 2.81. The van der Waals surface area contributed by atoms with E-state index in [0.29, 0.717) is 19.6 Å². The van der Waals surface area contributed by atoms with Gasteiger partial charge >= 0.3 is 5.97 Å². The Morgan fingerprint density at radius 1 is 1.19 bits per heavy atom. The fraction of sp³-hybridized carbons (Fsp3) is 0.875. The third kappa shape index (κ3) is 4.70. The molecular weight excluding hydrogens is 270 g/mol. The van der Waals surface area contributed by atoms with Crippen LogP contribution in [0.3, 0.4) is 0 Å². The molecular formula is C16H27NO4. The number of carbonyl (C=O) groups excluding carboxylic acids is 2. The zero-order valence-electron chi connectivity index (χ0n) is 13.0. The Labute approximate surface area is 127 Å². The molecule has 0 spiro atoms. The van der Waals surface area contributed by atoms with Crippen molar-refractivity contribution in [2.24, 2.45) is 0 Å². The Bertz CT molecular complexity index is 358. The van der Waals surface area contributed by atoms with Crippen LogP contribution < -0.4 is 0 Å². The van der Waals surface area contributed by atoms with Crippen molar-refractivity contribution in [3.63, 3.8) is 0 Å². The first-order chi connectivity index (χ1) is 10.2. The summed E-state index contributed by atoms with van der Waals surface area (Å²) in [7, 11) is 0. The van der Waals surface area contributed by atoms with E-state index in [1.54, 1.807) is 4.90 Å². The number of carbonyl (C=O) groups is 2. The Hall–Kier alpha value is -1.10. The summed E-state index contributed by atoms with van der Waals surface area (Å²) in [6.45, 7) is 3.05. The highest BCUT2D eigenvalue weighted by Gasteiger charge is 2.48. The lowest BCUT2D eigenvalue weighted by molar-refractivity contribution is -0.165. The van der Waals surface area contributed by atoms with Gasteiger partial charge in [-0.2, -0.15) is 0 Å². The summed E-state index contributed by atoms with van der Waals surface area (Å²) in [5.74, 6) is -0.251. The normalized spacial score (nSPS) is 23.9. The highest BCUT2D eigenvalue weighted by atomic mass is 16.6. The molecule has 5 nitrogen and oxygen atoms in total. The molecule has 0 aliphatic carbocycles. The molecule has 0 aromatic rings. The Morgan fingerprint density at radius 3 is 2.48 bits per heavy atom. The number of ether oxygens (including phenoxy) is 2. The molecule has 0 aromatic heterocycles. The van der Waals surface area contributed by atoms with Gasteiger partial charge in [-0.1, -0.05) is 51.9 Å². The minimum atomic E-state index is -0.574. The number of β-lactam (4-membered cyclic amide) rings is 1. The van der Waals surface area contributed by atoms with E-state index < -0.39 is 6.10 Å². The van der Waals surface area contributed by atoms with Crippen LogP contribution in [-0.4, -0.2) is 42.3 Å². The standard InChI is InChI=1S/C16H27NO4/c1-2-3-4-5-6-7-8-9-10-20-16(19)13-12-17-14(18)11-15(17)21-13/h13,15H,2-12H2,1H3/t13-,15+/m1/s1. The molecule has 0 unspecified atom stereocenters. The molecule has 0 aromatic carbocycles. The monoisotopic (exact) mass is 297 g/mol. The lowest BCUT2D eigenvalue weighted by atomic mass is 10.1. The molecule has 1 amide bonds. The van der Waals surface area contributed by atoms with Crippen molar-refractivity contribution in [3.8, 4) is 0 Å². The molecule has 2 saturated heterocycles. The van der Waals surface area contributed by atoms with Crippen LogP contribution in [0.1, 0.15) is 64.7 Å². The van der Waals surface area contributed by atoms with E-state index in [-0.39, 0.29) is 18.1 Å². The van der Waals surface area contributed by atoms with E-state index in [4.69, 9.17) is 9.47 Å². The lowest BCUT2D eigenvalue weighted by Gasteiger charge is -2.31. The van der Waals surface area contributed by atoms with Crippen LogP contribution in [0.25, 0.3) is 0 Å². The number of rotatable bonds is 10. The van der Waals surface area contributed by atoms with Crippen LogP contribution in [0.4, 0.5) is 0 Å². The van der Waals surface area contributed by atoms with Gasteiger partial charge in [-0.25, -0.2) is 4.79 Å². The number of amides is 1. The zero-order valence-corrected chi connectivity index (χ0v) is 13.0. The van der Waals surface area contributed by atoms with Crippen LogP contribution in [0.15, 0.2) is 0 Å². The largest absolute Gasteiger partial charge is 0.464 e. The van der Waals surface area contributed by atoms with Crippen molar-refractivity contribution in [3.05, 3.63) is 0 Å². The number of esters is 1. The minimum Gasteiger partial charge on any atom is -0.464 e. The molecule has 2 aliphatic rings. The van der Waals surface area contributed by atoms with Gasteiger partial charge in [0.25, 0.3) is 0 Å². The fourth-order valence-electron chi connectivity index (χ4n) is 2.81. The van der Waals surface area contributed by atoms with Gasteiger partial charge in [-0.3, -0.25) is 4.79 Å².